The third-order valence-corrected chi connectivity index (χ3v) is 7.77. The molecule has 0 radical (unpaired) electrons. The van der Waals surface area contributed by atoms with Gasteiger partial charge in [0.05, 0.1) is 26.2 Å². The van der Waals surface area contributed by atoms with Gasteiger partial charge in [0.15, 0.2) is 0 Å². The van der Waals surface area contributed by atoms with E-state index in [9.17, 15) is 18.0 Å². The number of sulfonamides is 1. The molecule has 0 unspecified atom stereocenters. The first-order chi connectivity index (χ1) is 17.5. The minimum absolute atomic E-state index is 0.0990. The van der Waals surface area contributed by atoms with Gasteiger partial charge in [-0.1, -0.05) is 42.7 Å². The van der Waals surface area contributed by atoms with Crippen molar-refractivity contribution in [3.05, 3.63) is 53.6 Å². The normalized spacial score (nSPS) is 14.6. The number of aryl methyl sites for hydroxylation is 1. The highest BCUT2D eigenvalue weighted by molar-refractivity contribution is 7.92. The molecule has 0 aliphatic heterocycles. The number of methoxy groups -OCH3 is 2. The molecule has 0 heterocycles. The summed E-state index contributed by atoms with van der Waals surface area (Å²) in [7, 11) is -0.968. The number of nitrogens with zero attached hydrogens (tertiary/aromatic N) is 2. The van der Waals surface area contributed by atoms with Gasteiger partial charge in [0.25, 0.3) is 0 Å². The quantitative estimate of drug-likeness (QED) is 0.477. The zero-order chi connectivity index (χ0) is 27.2. The van der Waals surface area contributed by atoms with Crippen molar-refractivity contribution < 1.29 is 27.5 Å². The summed E-state index contributed by atoms with van der Waals surface area (Å²) in [5.74, 6) is -0.0202. The van der Waals surface area contributed by atoms with E-state index in [1.54, 1.807) is 19.1 Å². The van der Waals surface area contributed by atoms with E-state index in [1.165, 1.54) is 25.2 Å². The molecule has 1 fully saturated rings. The highest BCUT2D eigenvalue weighted by Gasteiger charge is 2.32. The maximum atomic E-state index is 13.7. The molecule has 202 valence electrons. The second-order valence-corrected chi connectivity index (χ2v) is 11.4. The zero-order valence-electron chi connectivity index (χ0n) is 22.2. The summed E-state index contributed by atoms with van der Waals surface area (Å²) in [5.41, 5.74) is 2.08. The van der Waals surface area contributed by atoms with Crippen molar-refractivity contribution in [2.45, 2.75) is 58.2 Å². The lowest BCUT2D eigenvalue weighted by Crippen LogP contribution is -2.52. The van der Waals surface area contributed by atoms with E-state index in [2.05, 4.69) is 5.32 Å². The number of anilines is 1. The molecule has 1 atom stereocenters. The van der Waals surface area contributed by atoms with Crippen molar-refractivity contribution >= 4 is 27.5 Å². The molecule has 1 aliphatic carbocycles. The molecule has 1 saturated carbocycles. The Bertz CT molecular complexity index is 1210. The summed E-state index contributed by atoms with van der Waals surface area (Å²) >= 11 is 0. The van der Waals surface area contributed by atoms with Crippen LogP contribution in [0.15, 0.2) is 42.5 Å². The number of carbonyl (C=O) groups is 2. The van der Waals surface area contributed by atoms with Gasteiger partial charge < -0.3 is 19.7 Å². The third kappa shape index (κ3) is 7.38. The first-order valence-electron chi connectivity index (χ1n) is 12.4. The van der Waals surface area contributed by atoms with Crippen LogP contribution in [0, 0.1) is 6.92 Å². The standard InChI is InChI=1S/C27H37N3O6S/c1-19-9-8-10-21(15-19)17-29(20(2)27(32)28-22-11-6-7-12-22)26(31)18-30(37(5,33)34)24-14-13-23(35-3)16-25(24)36-4/h8-10,13-16,20,22H,6-7,11-12,17-18H2,1-5H3,(H,28,32)/t20-/m0/s1. The van der Waals surface area contributed by atoms with E-state index in [4.69, 9.17) is 9.47 Å². The topological polar surface area (TPSA) is 105 Å². The number of ether oxygens (including phenoxy) is 2. The predicted molar refractivity (Wildman–Crippen MR) is 143 cm³/mol. The Morgan fingerprint density at radius 3 is 2.38 bits per heavy atom. The van der Waals surface area contributed by atoms with E-state index < -0.39 is 28.5 Å². The molecule has 0 saturated heterocycles. The van der Waals surface area contributed by atoms with E-state index in [1.807, 2.05) is 31.2 Å². The Morgan fingerprint density at radius 2 is 1.78 bits per heavy atom. The second-order valence-electron chi connectivity index (χ2n) is 9.48. The van der Waals surface area contributed by atoms with Crippen molar-refractivity contribution in [1.29, 1.82) is 0 Å². The molecule has 0 bridgehead atoms. The molecule has 10 heteroatoms. The predicted octanol–water partition coefficient (Wildman–Crippen LogP) is 3.25. The van der Waals surface area contributed by atoms with Crippen LogP contribution in [0.4, 0.5) is 5.69 Å². The number of carbonyl (C=O) groups excluding carboxylic acids is 2. The fourth-order valence-corrected chi connectivity index (χ4v) is 5.42. The van der Waals surface area contributed by atoms with Crippen LogP contribution in [0.3, 0.4) is 0 Å². The third-order valence-electron chi connectivity index (χ3n) is 6.64. The van der Waals surface area contributed by atoms with Gasteiger partial charge in [-0.05, 0) is 44.4 Å². The molecule has 1 N–H and O–H groups in total. The summed E-state index contributed by atoms with van der Waals surface area (Å²) in [4.78, 5) is 28.3. The van der Waals surface area contributed by atoms with Gasteiger partial charge in [-0.2, -0.15) is 0 Å². The number of benzene rings is 2. The first kappa shape index (κ1) is 28.3. The Hall–Kier alpha value is -3.27. The maximum absolute atomic E-state index is 13.7. The number of hydrogen-bond acceptors (Lipinski definition) is 6. The Labute approximate surface area is 219 Å². The summed E-state index contributed by atoms with van der Waals surface area (Å²) in [5, 5.41) is 3.06. The minimum atomic E-state index is -3.88. The molecule has 9 nitrogen and oxygen atoms in total. The molecular formula is C27H37N3O6S. The fraction of sp³-hybridized carbons (Fsp3) is 0.481. The van der Waals surface area contributed by atoms with Crippen molar-refractivity contribution in [2.24, 2.45) is 0 Å². The molecular weight excluding hydrogens is 494 g/mol. The van der Waals surface area contributed by atoms with Gasteiger partial charge in [0.2, 0.25) is 21.8 Å². The van der Waals surface area contributed by atoms with Gasteiger partial charge in [0.1, 0.15) is 24.1 Å². The van der Waals surface area contributed by atoms with E-state index in [-0.39, 0.29) is 29.9 Å². The Kier molecular flexibility index (Phi) is 9.42. The van der Waals surface area contributed by atoms with Crippen molar-refractivity contribution in [2.75, 3.05) is 31.3 Å². The van der Waals surface area contributed by atoms with Gasteiger partial charge in [-0.3, -0.25) is 13.9 Å². The average Bonchev–Trinajstić information content (AvgIpc) is 3.37. The number of nitrogens with one attached hydrogen (secondary N) is 1. The van der Waals surface area contributed by atoms with Crippen LogP contribution in [0.5, 0.6) is 11.5 Å². The zero-order valence-corrected chi connectivity index (χ0v) is 23.0. The minimum Gasteiger partial charge on any atom is -0.497 e. The van der Waals surface area contributed by atoms with Crippen molar-refractivity contribution in [3.63, 3.8) is 0 Å². The largest absolute Gasteiger partial charge is 0.497 e. The van der Waals surface area contributed by atoms with Gasteiger partial charge in [-0.15, -0.1) is 0 Å². The maximum Gasteiger partial charge on any atom is 0.244 e. The van der Waals surface area contributed by atoms with Crippen LogP contribution < -0.4 is 19.1 Å². The SMILES string of the molecule is COc1ccc(N(CC(=O)N(Cc2cccc(C)c2)[C@@H](C)C(=O)NC2CCCC2)S(C)(=O)=O)c(OC)c1. The Balaban J connectivity index is 1.93. The number of amides is 2. The van der Waals surface area contributed by atoms with Crippen LogP contribution in [-0.4, -0.2) is 64.2 Å². The van der Waals surface area contributed by atoms with E-state index >= 15 is 0 Å². The average molecular weight is 532 g/mol. The van der Waals surface area contributed by atoms with Crippen molar-refractivity contribution in [3.8, 4) is 11.5 Å². The smallest absolute Gasteiger partial charge is 0.244 e. The lowest BCUT2D eigenvalue weighted by molar-refractivity contribution is -0.139. The van der Waals surface area contributed by atoms with Crippen LogP contribution in [-0.2, 0) is 26.2 Å². The lowest BCUT2D eigenvalue weighted by Gasteiger charge is -2.32. The van der Waals surface area contributed by atoms with E-state index in [0.717, 1.165) is 47.4 Å². The highest BCUT2D eigenvalue weighted by Crippen LogP contribution is 2.33. The van der Waals surface area contributed by atoms with Crippen molar-refractivity contribution in [1.82, 2.24) is 10.2 Å². The highest BCUT2D eigenvalue weighted by atomic mass is 32.2. The molecule has 2 aromatic carbocycles. The van der Waals surface area contributed by atoms with Crippen LogP contribution >= 0.6 is 0 Å². The molecule has 3 rings (SSSR count). The van der Waals surface area contributed by atoms with Crippen LogP contribution in [0.25, 0.3) is 0 Å². The molecule has 2 amide bonds. The Morgan fingerprint density at radius 1 is 1.08 bits per heavy atom. The van der Waals surface area contributed by atoms with E-state index in [0.29, 0.717) is 5.75 Å². The van der Waals surface area contributed by atoms with Gasteiger partial charge in [-0.25, -0.2) is 8.42 Å². The second kappa shape index (κ2) is 12.3. The van der Waals surface area contributed by atoms with Crippen LogP contribution in [0.2, 0.25) is 0 Å². The summed E-state index contributed by atoms with van der Waals surface area (Å²) in [6, 6.07) is 11.7. The summed E-state index contributed by atoms with van der Waals surface area (Å²) in [6.45, 7) is 3.30. The molecule has 1 aliphatic rings. The lowest BCUT2D eigenvalue weighted by atomic mass is 10.1. The summed E-state index contributed by atoms with van der Waals surface area (Å²) < 4.78 is 37.3. The molecule has 0 aromatic heterocycles. The molecule has 37 heavy (non-hydrogen) atoms. The number of hydrogen-bond donors (Lipinski definition) is 1. The van der Waals surface area contributed by atoms with Gasteiger partial charge >= 0.3 is 0 Å². The van der Waals surface area contributed by atoms with Crippen LogP contribution in [0.1, 0.15) is 43.7 Å². The monoisotopic (exact) mass is 531 g/mol. The molecule has 2 aromatic rings. The van der Waals surface area contributed by atoms with Gasteiger partial charge in [0, 0.05) is 18.7 Å². The fourth-order valence-electron chi connectivity index (χ4n) is 4.57. The summed E-state index contributed by atoms with van der Waals surface area (Å²) in [6.07, 6.45) is 5.01. The molecule has 0 spiro atoms. The number of rotatable bonds is 11. The first-order valence-corrected chi connectivity index (χ1v) is 14.2.